The molecule has 0 fully saturated rings. The molecule has 0 heterocycles. The number of carbonyl (C=O) groups is 1. The third kappa shape index (κ3) is 3.90. The van der Waals surface area contributed by atoms with Gasteiger partial charge in [-0.1, -0.05) is 36.4 Å². The number of hydrogen-bond acceptors (Lipinski definition) is 2. The van der Waals surface area contributed by atoms with E-state index in [0.29, 0.717) is 0 Å². The average Bonchev–Trinajstić information content (AvgIpc) is 2.47. The van der Waals surface area contributed by atoms with E-state index in [1.165, 1.54) is 0 Å². The number of rotatable bonds is 2. The molecule has 94 valence electrons. The van der Waals surface area contributed by atoms with Gasteiger partial charge in [0.05, 0.1) is 0 Å². The van der Waals surface area contributed by atoms with Crippen molar-refractivity contribution in [1.82, 2.24) is 0 Å². The van der Waals surface area contributed by atoms with Gasteiger partial charge in [-0.2, -0.15) is 0 Å². The number of carbonyl (C=O) groups excluding carboxylic acids is 1. The molecule has 0 aromatic heterocycles. The van der Waals surface area contributed by atoms with Crippen LogP contribution in [0.4, 0.5) is 11.4 Å². The van der Waals surface area contributed by atoms with Crippen molar-refractivity contribution in [2.24, 2.45) is 0 Å². The van der Waals surface area contributed by atoms with E-state index in [9.17, 15) is 4.79 Å². The number of nitrogens with one attached hydrogen (secondary N) is 1. The molecule has 3 heteroatoms. The fraction of sp³-hybridized carbons (Fsp3) is 0.0625. The molecule has 0 aliphatic heterocycles. The summed E-state index contributed by atoms with van der Waals surface area (Å²) in [4.78, 5) is 13.3. The van der Waals surface area contributed by atoms with E-state index in [0.717, 1.165) is 11.4 Å². The molecule has 0 aliphatic rings. The Bertz CT molecular complexity index is 597. The van der Waals surface area contributed by atoms with Gasteiger partial charge in [0, 0.05) is 30.4 Å². The van der Waals surface area contributed by atoms with Crippen LogP contribution in [0.1, 0.15) is 0 Å². The molecule has 0 unspecified atom stereocenters. The van der Waals surface area contributed by atoms with Crippen molar-refractivity contribution in [3.63, 3.8) is 0 Å². The van der Waals surface area contributed by atoms with Crippen LogP contribution in [-0.2, 0) is 4.79 Å². The van der Waals surface area contributed by atoms with Gasteiger partial charge in [0.1, 0.15) is 0 Å². The van der Waals surface area contributed by atoms with E-state index in [-0.39, 0.29) is 5.91 Å². The van der Waals surface area contributed by atoms with Crippen LogP contribution in [0.3, 0.4) is 0 Å². The van der Waals surface area contributed by atoms with Crippen molar-refractivity contribution in [1.29, 1.82) is 0 Å². The Morgan fingerprint density at radius 1 is 1.00 bits per heavy atom. The van der Waals surface area contributed by atoms with Gasteiger partial charge in [-0.15, -0.1) is 0 Å². The first-order valence-corrected chi connectivity index (χ1v) is 5.92. The first-order valence-electron chi connectivity index (χ1n) is 5.92. The molecular formula is C16H14N2O. The van der Waals surface area contributed by atoms with E-state index in [1.807, 2.05) is 67.7 Å². The minimum absolute atomic E-state index is 0.325. The highest BCUT2D eigenvalue weighted by atomic mass is 16.1. The van der Waals surface area contributed by atoms with Crippen molar-refractivity contribution in [2.75, 3.05) is 17.3 Å². The summed E-state index contributed by atoms with van der Waals surface area (Å²) in [6.45, 7) is 0. The lowest BCUT2D eigenvalue weighted by Crippen LogP contribution is -2.12. The van der Waals surface area contributed by atoms with Crippen LogP contribution in [0.15, 0.2) is 60.7 Å². The summed E-state index contributed by atoms with van der Waals surface area (Å²) in [5.74, 6) is 2.23. The van der Waals surface area contributed by atoms with Crippen LogP contribution in [0, 0.1) is 12.0 Å². The third-order valence-electron chi connectivity index (χ3n) is 2.51. The Morgan fingerprint density at radius 2 is 1.58 bits per heavy atom. The lowest BCUT2D eigenvalue weighted by atomic mass is 10.3. The highest BCUT2D eigenvalue weighted by molar-refractivity contribution is 6.04. The van der Waals surface area contributed by atoms with Crippen LogP contribution in [0.25, 0.3) is 0 Å². The van der Waals surface area contributed by atoms with E-state index in [4.69, 9.17) is 0 Å². The van der Waals surface area contributed by atoms with Crippen molar-refractivity contribution < 1.29 is 4.79 Å². The minimum Gasteiger partial charge on any atom is -0.315 e. The quantitative estimate of drug-likeness (QED) is 0.656. The number of benzene rings is 2. The summed E-state index contributed by atoms with van der Waals surface area (Å²) in [6.07, 6.45) is 0. The van der Waals surface area contributed by atoms with Crippen LogP contribution < -0.4 is 10.2 Å². The normalized spacial score (nSPS) is 9.11. The molecule has 2 aromatic rings. The summed E-state index contributed by atoms with van der Waals surface area (Å²) in [5.41, 5.74) is 1.69. The Morgan fingerprint density at radius 3 is 2.21 bits per heavy atom. The number of para-hydroxylation sites is 2. The van der Waals surface area contributed by atoms with Gasteiger partial charge in [-0.05, 0) is 24.3 Å². The smallest absolute Gasteiger partial charge is 0.302 e. The lowest BCUT2D eigenvalue weighted by Gasteiger charge is -2.09. The number of amides is 1. The molecule has 0 saturated heterocycles. The van der Waals surface area contributed by atoms with E-state index in [1.54, 1.807) is 4.90 Å². The molecule has 0 radical (unpaired) electrons. The Balaban J connectivity index is 1.98. The van der Waals surface area contributed by atoms with Crippen LogP contribution >= 0.6 is 0 Å². The number of anilines is 2. The number of nitrogens with zero attached hydrogens (tertiary/aromatic N) is 1. The fourth-order valence-electron chi connectivity index (χ4n) is 1.53. The highest BCUT2D eigenvalue weighted by Gasteiger charge is 1.98. The zero-order chi connectivity index (χ0) is 13.5. The largest absolute Gasteiger partial charge is 0.315 e. The minimum atomic E-state index is -0.325. The van der Waals surface area contributed by atoms with Crippen LogP contribution in [-0.4, -0.2) is 13.0 Å². The Kier molecular flexibility index (Phi) is 4.20. The van der Waals surface area contributed by atoms with Gasteiger partial charge >= 0.3 is 5.91 Å². The SMILES string of the molecule is CN(C#CC(=O)Nc1ccccc1)c1ccccc1. The average molecular weight is 250 g/mol. The molecule has 0 spiro atoms. The van der Waals surface area contributed by atoms with Gasteiger partial charge in [0.2, 0.25) is 0 Å². The Labute approximate surface area is 112 Å². The summed E-state index contributed by atoms with van der Waals surface area (Å²) in [6, 6.07) is 21.7. The van der Waals surface area contributed by atoms with Gasteiger partial charge in [0.25, 0.3) is 0 Å². The monoisotopic (exact) mass is 250 g/mol. The molecule has 0 saturated carbocycles. The molecule has 0 atom stereocenters. The van der Waals surface area contributed by atoms with Gasteiger partial charge in [-0.25, -0.2) is 0 Å². The van der Waals surface area contributed by atoms with Gasteiger partial charge in [-0.3, -0.25) is 4.79 Å². The summed E-state index contributed by atoms with van der Waals surface area (Å²) < 4.78 is 0. The molecule has 1 N–H and O–H groups in total. The maximum Gasteiger partial charge on any atom is 0.302 e. The maximum atomic E-state index is 11.6. The first kappa shape index (κ1) is 12.7. The molecule has 0 bridgehead atoms. The number of hydrogen-bond donors (Lipinski definition) is 1. The van der Waals surface area contributed by atoms with E-state index in [2.05, 4.69) is 17.3 Å². The second-order valence-corrected chi connectivity index (χ2v) is 3.95. The van der Waals surface area contributed by atoms with Gasteiger partial charge < -0.3 is 10.2 Å². The first-order chi connectivity index (χ1) is 9.25. The molecule has 2 aromatic carbocycles. The molecule has 19 heavy (non-hydrogen) atoms. The van der Waals surface area contributed by atoms with Crippen molar-refractivity contribution in [3.05, 3.63) is 60.7 Å². The fourth-order valence-corrected chi connectivity index (χ4v) is 1.53. The van der Waals surface area contributed by atoms with Crippen molar-refractivity contribution in [3.8, 4) is 12.0 Å². The molecule has 1 amide bonds. The van der Waals surface area contributed by atoms with Crippen molar-refractivity contribution >= 4 is 17.3 Å². The van der Waals surface area contributed by atoms with Crippen LogP contribution in [0.2, 0.25) is 0 Å². The third-order valence-corrected chi connectivity index (χ3v) is 2.51. The van der Waals surface area contributed by atoms with E-state index < -0.39 is 0 Å². The lowest BCUT2D eigenvalue weighted by molar-refractivity contribution is -0.111. The van der Waals surface area contributed by atoms with Gasteiger partial charge in [0.15, 0.2) is 0 Å². The van der Waals surface area contributed by atoms with E-state index >= 15 is 0 Å². The molecule has 3 nitrogen and oxygen atoms in total. The predicted molar refractivity (Wildman–Crippen MR) is 77.7 cm³/mol. The predicted octanol–water partition coefficient (Wildman–Crippen LogP) is 2.72. The topological polar surface area (TPSA) is 32.3 Å². The summed E-state index contributed by atoms with van der Waals surface area (Å²) >= 11 is 0. The Hall–Kier alpha value is -2.73. The maximum absolute atomic E-state index is 11.6. The highest BCUT2D eigenvalue weighted by Crippen LogP contribution is 2.09. The summed E-state index contributed by atoms with van der Waals surface area (Å²) in [5, 5.41) is 2.71. The summed E-state index contributed by atoms with van der Waals surface area (Å²) in [7, 11) is 1.82. The zero-order valence-electron chi connectivity index (χ0n) is 10.6. The molecular weight excluding hydrogens is 236 g/mol. The van der Waals surface area contributed by atoms with Crippen molar-refractivity contribution in [2.45, 2.75) is 0 Å². The second kappa shape index (κ2) is 6.27. The standard InChI is InChI=1S/C16H14N2O/c1-18(15-10-6-3-7-11-15)13-12-16(19)17-14-8-4-2-5-9-14/h2-11H,1H3,(H,17,19). The molecule has 2 rings (SSSR count). The molecule has 0 aliphatic carbocycles. The van der Waals surface area contributed by atoms with Crippen LogP contribution in [0.5, 0.6) is 0 Å². The second-order valence-electron chi connectivity index (χ2n) is 3.95. The zero-order valence-corrected chi connectivity index (χ0v) is 10.6.